The second-order valence-corrected chi connectivity index (χ2v) is 6.29. The van der Waals surface area contributed by atoms with E-state index in [2.05, 4.69) is 15.5 Å². The van der Waals surface area contributed by atoms with Crippen LogP contribution in [0.2, 0.25) is 5.02 Å². The van der Waals surface area contributed by atoms with Crippen LogP contribution in [0.15, 0.2) is 42.5 Å². The van der Waals surface area contributed by atoms with Gasteiger partial charge in [0.1, 0.15) is 18.1 Å². The number of para-hydroxylation sites is 1. The molecule has 4 rings (SSSR count). The molecule has 2 N–H and O–H groups in total. The molecule has 0 saturated heterocycles. The quantitative estimate of drug-likeness (QED) is 0.737. The second kappa shape index (κ2) is 6.72. The first-order valence-electron chi connectivity index (χ1n) is 8.07. The average molecular weight is 370 g/mol. The molecule has 7 heteroatoms. The van der Waals surface area contributed by atoms with E-state index < -0.39 is 0 Å². The number of ether oxygens (including phenoxy) is 2. The van der Waals surface area contributed by atoms with Gasteiger partial charge in [0.15, 0.2) is 5.69 Å². The number of carbonyl (C=O) groups is 1. The van der Waals surface area contributed by atoms with Crippen molar-refractivity contribution in [3.8, 4) is 22.8 Å². The van der Waals surface area contributed by atoms with Gasteiger partial charge in [-0.2, -0.15) is 5.10 Å². The second-order valence-electron chi connectivity index (χ2n) is 5.85. The molecule has 0 radical (unpaired) electrons. The Morgan fingerprint density at radius 2 is 2.19 bits per heavy atom. The number of amides is 1. The summed E-state index contributed by atoms with van der Waals surface area (Å²) >= 11 is 6.03. The van der Waals surface area contributed by atoms with Crippen LogP contribution < -0.4 is 14.8 Å². The molecule has 132 valence electrons. The molecule has 0 fully saturated rings. The highest BCUT2D eigenvalue weighted by Crippen LogP contribution is 2.36. The van der Waals surface area contributed by atoms with Crippen LogP contribution in [0.4, 0.5) is 0 Å². The van der Waals surface area contributed by atoms with Gasteiger partial charge in [-0.1, -0.05) is 23.7 Å². The van der Waals surface area contributed by atoms with E-state index in [1.54, 1.807) is 25.3 Å². The summed E-state index contributed by atoms with van der Waals surface area (Å²) in [5.41, 5.74) is 3.59. The molecule has 3 aromatic rings. The zero-order chi connectivity index (χ0) is 18.1. The van der Waals surface area contributed by atoms with Crippen LogP contribution in [0.1, 0.15) is 21.6 Å². The molecule has 0 saturated carbocycles. The molecule has 1 aromatic heterocycles. The van der Waals surface area contributed by atoms with Crippen molar-refractivity contribution in [3.05, 3.63) is 64.3 Å². The monoisotopic (exact) mass is 369 g/mol. The number of carbonyl (C=O) groups excluding carboxylic acids is 1. The van der Waals surface area contributed by atoms with Gasteiger partial charge in [-0.15, -0.1) is 0 Å². The Morgan fingerprint density at radius 1 is 1.35 bits per heavy atom. The minimum atomic E-state index is -0.285. The molecular formula is C19H16ClN3O3. The number of nitrogens with zero attached hydrogens (tertiary/aromatic N) is 1. The largest absolute Gasteiger partial charge is 0.496 e. The third-order valence-electron chi connectivity index (χ3n) is 4.29. The Hall–Kier alpha value is -2.99. The van der Waals surface area contributed by atoms with Gasteiger partial charge in [0.2, 0.25) is 0 Å². The maximum atomic E-state index is 12.6. The first-order chi connectivity index (χ1) is 12.7. The number of aromatic amines is 1. The molecule has 1 aliphatic heterocycles. The SMILES string of the molecule is COc1ccc(Cl)cc1CNC(=O)c1n[nH]c2c1COc1ccccc1-2. The smallest absolute Gasteiger partial charge is 0.272 e. The molecule has 0 atom stereocenters. The maximum Gasteiger partial charge on any atom is 0.272 e. The molecule has 2 heterocycles. The molecule has 2 aromatic carbocycles. The molecule has 0 bridgehead atoms. The van der Waals surface area contributed by atoms with Crippen LogP contribution in [0.5, 0.6) is 11.5 Å². The zero-order valence-corrected chi connectivity index (χ0v) is 14.8. The minimum Gasteiger partial charge on any atom is -0.496 e. The van der Waals surface area contributed by atoms with Gasteiger partial charge in [-0.25, -0.2) is 0 Å². The van der Waals surface area contributed by atoms with E-state index in [0.717, 1.165) is 28.1 Å². The highest BCUT2D eigenvalue weighted by Gasteiger charge is 2.26. The molecule has 0 spiro atoms. The fourth-order valence-electron chi connectivity index (χ4n) is 3.01. The molecule has 1 aliphatic rings. The third-order valence-corrected chi connectivity index (χ3v) is 4.53. The van der Waals surface area contributed by atoms with Gasteiger partial charge in [-0.05, 0) is 30.3 Å². The Bertz CT molecular complexity index is 984. The maximum absolute atomic E-state index is 12.6. The van der Waals surface area contributed by atoms with Gasteiger partial charge in [0.25, 0.3) is 5.91 Å². The molecule has 1 amide bonds. The molecular weight excluding hydrogens is 354 g/mol. The van der Waals surface area contributed by atoms with E-state index in [-0.39, 0.29) is 12.5 Å². The van der Waals surface area contributed by atoms with Gasteiger partial charge < -0.3 is 14.8 Å². The summed E-state index contributed by atoms with van der Waals surface area (Å²) in [6.45, 7) is 0.577. The number of methoxy groups -OCH3 is 1. The van der Waals surface area contributed by atoms with Crippen LogP contribution in [0.25, 0.3) is 11.3 Å². The number of aromatic nitrogens is 2. The number of rotatable bonds is 4. The Morgan fingerprint density at radius 3 is 3.04 bits per heavy atom. The summed E-state index contributed by atoms with van der Waals surface area (Å²) in [4.78, 5) is 12.6. The van der Waals surface area contributed by atoms with Gasteiger partial charge in [0, 0.05) is 28.3 Å². The van der Waals surface area contributed by atoms with E-state index in [1.807, 2.05) is 24.3 Å². The normalized spacial score (nSPS) is 11.9. The van der Waals surface area contributed by atoms with Crippen LogP contribution in [-0.4, -0.2) is 23.2 Å². The van der Waals surface area contributed by atoms with Crippen molar-refractivity contribution in [2.45, 2.75) is 13.2 Å². The lowest BCUT2D eigenvalue weighted by Crippen LogP contribution is -2.25. The van der Waals surface area contributed by atoms with E-state index >= 15 is 0 Å². The van der Waals surface area contributed by atoms with Crippen molar-refractivity contribution in [2.24, 2.45) is 0 Å². The lowest BCUT2D eigenvalue weighted by atomic mass is 10.0. The highest BCUT2D eigenvalue weighted by atomic mass is 35.5. The number of nitrogens with one attached hydrogen (secondary N) is 2. The molecule has 0 aliphatic carbocycles. The predicted octanol–water partition coefficient (Wildman–Crippen LogP) is 3.56. The summed E-state index contributed by atoms with van der Waals surface area (Å²) in [5, 5.41) is 10.6. The van der Waals surface area contributed by atoms with E-state index in [9.17, 15) is 4.79 Å². The lowest BCUT2D eigenvalue weighted by molar-refractivity contribution is 0.0943. The molecule has 0 unspecified atom stereocenters. The Balaban J connectivity index is 1.56. The van der Waals surface area contributed by atoms with E-state index in [4.69, 9.17) is 21.1 Å². The predicted molar refractivity (Wildman–Crippen MR) is 97.5 cm³/mol. The Labute approximate surface area is 155 Å². The van der Waals surface area contributed by atoms with Crippen molar-refractivity contribution in [3.63, 3.8) is 0 Å². The van der Waals surface area contributed by atoms with Crippen LogP contribution >= 0.6 is 11.6 Å². The summed E-state index contributed by atoms with van der Waals surface area (Å²) < 4.78 is 11.0. The lowest BCUT2D eigenvalue weighted by Gasteiger charge is -2.17. The summed E-state index contributed by atoms with van der Waals surface area (Å²) in [6, 6.07) is 12.9. The van der Waals surface area contributed by atoms with Crippen molar-refractivity contribution in [1.82, 2.24) is 15.5 Å². The van der Waals surface area contributed by atoms with Crippen LogP contribution in [0.3, 0.4) is 0 Å². The first kappa shape index (κ1) is 16.5. The Kier molecular flexibility index (Phi) is 4.26. The van der Waals surface area contributed by atoms with Crippen molar-refractivity contribution in [1.29, 1.82) is 0 Å². The highest BCUT2D eigenvalue weighted by molar-refractivity contribution is 6.30. The fraction of sp³-hybridized carbons (Fsp3) is 0.158. The fourth-order valence-corrected chi connectivity index (χ4v) is 3.20. The van der Waals surface area contributed by atoms with Gasteiger partial charge >= 0.3 is 0 Å². The standard InChI is InChI=1S/C19H16ClN3O3/c1-25-15-7-6-12(20)8-11(15)9-21-19(24)18-14-10-26-16-5-3-2-4-13(16)17(14)22-23-18/h2-8H,9-10H2,1H3,(H,21,24)(H,22,23). The number of hydrogen-bond donors (Lipinski definition) is 2. The van der Waals surface area contributed by atoms with Gasteiger partial charge in [-0.3, -0.25) is 9.89 Å². The number of H-pyrrole nitrogens is 1. The van der Waals surface area contributed by atoms with Crippen molar-refractivity contribution < 1.29 is 14.3 Å². The minimum absolute atomic E-state index is 0.279. The van der Waals surface area contributed by atoms with Gasteiger partial charge in [0.05, 0.1) is 12.8 Å². The summed E-state index contributed by atoms with van der Waals surface area (Å²) in [7, 11) is 1.58. The topological polar surface area (TPSA) is 76.2 Å². The third kappa shape index (κ3) is 2.88. The molecule has 26 heavy (non-hydrogen) atoms. The molecule has 6 nitrogen and oxygen atoms in total. The number of hydrogen-bond acceptors (Lipinski definition) is 4. The average Bonchev–Trinajstić information content (AvgIpc) is 3.11. The van der Waals surface area contributed by atoms with Crippen molar-refractivity contribution >= 4 is 17.5 Å². The summed E-state index contributed by atoms with van der Waals surface area (Å²) in [6.07, 6.45) is 0. The first-order valence-corrected chi connectivity index (χ1v) is 8.45. The van der Waals surface area contributed by atoms with E-state index in [0.29, 0.717) is 23.1 Å². The zero-order valence-electron chi connectivity index (χ0n) is 14.0. The number of fused-ring (bicyclic) bond motifs is 3. The summed E-state index contributed by atoms with van der Waals surface area (Å²) in [5.74, 6) is 1.16. The van der Waals surface area contributed by atoms with E-state index in [1.165, 1.54) is 0 Å². The van der Waals surface area contributed by atoms with Crippen molar-refractivity contribution in [2.75, 3.05) is 7.11 Å². The van der Waals surface area contributed by atoms with Crippen LogP contribution in [-0.2, 0) is 13.2 Å². The number of halogens is 1. The number of benzene rings is 2. The van der Waals surface area contributed by atoms with Crippen LogP contribution in [0, 0.1) is 0 Å².